The summed E-state index contributed by atoms with van der Waals surface area (Å²) in [5.41, 5.74) is -0.402. The Morgan fingerprint density at radius 1 is 0.920 bits per heavy atom. The Morgan fingerprint density at radius 2 is 1.56 bits per heavy atom. The topological polar surface area (TPSA) is 22.0 Å². The van der Waals surface area contributed by atoms with Crippen LogP contribution in [-0.2, 0) is 12.7 Å². The smallest absolute Gasteiger partial charge is 0.304 e. The van der Waals surface area contributed by atoms with E-state index in [1.165, 1.54) is 4.57 Å². The van der Waals surface area contributed by atoms with Crippen LogP contribution in [0.2, 0.25) is 5.02 Å². The van der Waals surface area contributed by atoms with Gasteiger partial charge in [0, 0.05) is 16.7 Å². The number of pyridine rings is 1. The summed E-state index contributed by atoms with van der Waals surface area (Å²) in [7, 11) is 0. The SMILES string of the molecule is O=c1cc(C(F)(F)F)cc(-c2ccccc2Cl)n1Cc1ccccc1. The third kappa shape index (κ3) is 3.77. The van der Waals surface area contributed by atoms with E-state index < -0.39 is 17.3 Å². The van der Waals surface area contributed by atoms with E-state index in [0.29, 0.717) is 11.6 Å². The summed E-state index contributed by atoms with van der Waals surface area (Å²) >= 11 is 6.16. The van der Waals surface area contributed by atoms with Crippen molar-refractivity contribution in [2.45, 2.75) is 12.7 Å². The quantitative estimate of drug-likeness (QED) is 0.624. The first kappa shape index (κ1) is 17.3. The number of halogens is 4. The molecule has 128 valence electrons. The summed E-state index contributed by atoms with van der Waals surface area (Å²) in [6, 6.07) is 17.1. The Kier molecular flexibility index (Phi) is 4.68. The van der Waals surface area contributed by atoms with Gasteiger partial charge in [-0.3, -0.25) is 4.79 Å². The van der Waals surface area contributed by atoms with E-state index in [9.17, 15) is 18.0 Å². The molecule has 1 aromatic heterocycles. The minimum Gasteiger partial charge on any atom is -0.304 e. The molecule has 2 aromatic carbocycles. The van der Waals surface area contributed by atoms with Gasteiger partial charge in [-0.05, 0) is 17.7 Å². The molecule has 0 radical (unpaired) electrons. The van der Waals surface area contributed by atoms with Crippen LogP contribution in [0, 0.1) is 0 Å². The van der Waals surface area contributed by atoms with Crippen LogP contribution in [0.25, 0.3) is 11.3 Å². The second-order valence-electron chi connectivity index (χ2n) is 5.52. The van der Waals surface area contributed by atoms with Crippen LogP contribution in [0.3, 0.4) is 0 Å². The molecule has 0 atom stereocenters. The summed E-state index contributed by atoms with van der Waals surface area (Å²) in [5.74, 6) is 0. The fourth-order valence-corrected chi connectivity index (χ4v) is 2.81. The van der Waals surface area contributed by atoms with Crippen molar-refractivity contribution >= 4 is 11.6 Å². The van der Waals surface area contributed by atoms with Gasteiger partial charge in [0.15, 0.2) is 0 Å². The number of rotatable bonds is 3. The third-order valence-corrected chi connectivity index (χ3v) is 4.12. The van der Waals surface area contributed by atoms with Crippen molar-refractivity contribution in [3.63, 3.8) is 0 Å². The van der Waals surface area contributed by atoms with E-state index >= 15 is 0 Å². The number of hydrogen-bond acceptors (Lipinski definition) is 1. The molecule has 6 heteroatoms. The zero-order valence-electron chi connectivity index (χ0n) is 12.9. The van der Waals surface area contributed by atoms with E-state index in [0.717, 1.165) is 11.6 Å². The minimum atomic E-state index is -4.61. The van der Waals surface area contributed by atoms with E-state index in [1.807, 2.05) is 6.07 Å². The summed E-state index contributed by atoms with van der Waals surface area (Å²) in [4.78, 5) is 12.4. The minimum absolute atomic E-state index is 0.134. The van der Waals surface area contributed by atoms with Crippen LogP contribution in [-0.4, -0.2) is 4.57 Å². The van der Waals surface area contributed by atoms with Crippen molar-refractivity contribution in [1.82, 2.24) is 4.57 Å². The Bertz CT molecular complexity index is 949. The van der Waals surface area contributed by atoms with Crippen molar-refractivity contribution in [2.24, 2.45) is 0 Å². The zero-order chi connectivity index (χ0) is 18.0. The Labute approximate surface area is 147 Å². The Hall–Kier alpha value is -2.53. The molecule has 0 amide bonds. The zero-order valence-corrected chi connectivity index (χ0v) is 13.7. The molecule has 1 heterocycles. The maximum atomic E-state index is 13.1. The molecule has 0 unspecified atom stereocenters. The van der Waals surface area contributed by atoms with Crippen LogP contribution in [0.5, 0.6) is 0 Å². The summed E-state index contributed by atoms with van der Waals surface area (Å²) in [5, 5.41) is 0.281. The number of benzene rings is 2. The second-order valence-corrected chi connectivity index (χ2v) is 5.92. The van der Waals surface area contributed by atoms with Crippen molar-refractivity contribution in [1.29, 1.82) is 0 Å². The molecule has 0 saturated heterocycles. The van der Waals surface area contributed by atoms with Gasteiger partial charge in [0.05, 0.1) is 17.8 Å². The molecule has 0 fully saturated rings. The maximum Gasteiger partial charge on any atom is 0.416 e. The molecular weight excluding hydrogens is 351 g/mol. The normalized spacial score (nSPS) is 11.5. The lowest BCUT2D eigenvalue weighted by atomic mass is 10.1. The highest BCUT2D eigenvalue weighted by atomic mass is 35.5. The third-order valence-electron chi connectivity index (χ3n) is 3.79. The highest BCUT2D eigenvalue weighted by Crippen LogP contribution is 2.33. The van der Waals surface area contributed by atoms with Gasteiger partial charge >= 0.3 is 6.18 Å². The Morgan fingerprint density at radius 3 is 2.20 bits per heavy atom. The van der Waals surface area contributed by atoms with Gasteiger partial charge in [-0.1, -0.05) is 60.1 Å². The van der Waals surface area contributed by atoms with E-state index in [2.05, 4.69) is 0 Å². The van der Waals surface area contributed by atoms with Gasteiger partial charge in [-0.25, -0.2) is 0 Å². The van der Waals surface area contributed by atoms with Crippen LogP contribution < -0.4 is 5.56 Å². The maximum absolute atomic E-state index is 13.1. The van der Waals surface area contributed by atoms with Gasteiger partial charge in [0.1, 0.15) is 0 Å². The van der Waals surface area contributed by atoms with Crippen molar-refractivity contribution in [3.05, 3.63) is 93.2 Å². The van der Waals surface area contributed by atoms with Crippen molar-refractivity contribution in [3.8, 4) is 11.3 Å². The first-order valence-corrected chi connectivity index (χ1v) is 7.85. The van der Waals surface area contributed by atoms with E-state index in [4.69, 9.17) is 11.6 Å². The number of alkyl halides is 3. The van der Waals surface area contributed by atoms with E-state index in [-0.39, 0.29) is 17.3 Å². The monoisotopic (exact) mass is 363 g/mol. The molecule has 25 heavy (non-hydrogen) atoms. The average molecular weight is 364 g/mol. The van der Waals surface area contributed by atoms with Gasteiger partial charge < -0.3 is 4.57 Å². The lowest BCUT2D eigenvalue weighted by Gasteiger charge is -2.17. The highest BCUT2D eigenvalue weighted by Gasteiger charge is 2.32. The summed E-state index contributed by atoms with van der Waals surface area (Å²) in [6.07, 6.45) is -4.61. The van der Waals surface area contributed by atoms with Gasteiger partial charge in [-0.15, -0.1) is 0 Å². The van der Waals surface area contributed by atoms with Gasteiger partial charge in [-0.2, -0.15) is 13.2 Å². The highest BCUT2D eigenvalue weighted by molar-refractivity contribution is 6.33. The fraction of sp³-hybridized carbons (Fsp3) is 0.105. The van der Waals surface area contributed by atoms with Crippen molar-refractivity contribution < 1.29 is 13.2 Å². The van der Waals surface area contributed by atoms with Gasteiger partial charge in [0.2, 0.25) is 0 Å². The fourth-order valence-electron chi connectivity index (χ4n) is 2.58. The number of hydrogen-bond donors (Lipinski definition) is 0. The number of nitrogens with zero attached hydrogens (tertiary/aromatic N) is 1. The largest absolute Gasteiger partial charge is 0.416 e. The van der Waals surface area contributed by atoms with E-state index in [1.54, 1.807) is 48.5 Å². The molecule has 3 aromatic rings. The molecule has 0 aliphatic rings. The molecule has 0 bridgehead atoms. The molecule has 3 rings (SSSR count). The van der Waals surface area contributed by atoms with Crippen molar-refractivity contribution in [2.75, 3.05) is 0 Å². The predicted octanol–water partition coefficient (Wildman–Crippen LogP) is 5.24. The summed E-state index contributed by atoms with van der Waals surface area (Å²) in [6.45, 7) is 0.151. The average Bonchev–Trinajstić information content (AvgIpc) is 2.57. The molecular formula is C19H13ClF3NO. The lowest BCUT2D eigenvalue weighted by molar-refractivity contribution is -0.137. The second kappa shape index (κ2) is 6.76. The first-order valence-electron chi connectivity index (χ1n) is 7.47. The predicted molar refractivity (Wildman–Crippen MR) is 91.7 cm³/mol. The number of aromatic nitrogens is 1. The van der Waals surface area contributed by atoms with Crippen LogP contribution in [0.15, 0.2) is 71.5 Å². The standard InChI is InChI=1S/C19H13ClF3NO/c20-16-9-5-4-8-15(16)17-10-14(19(21,22)23)11-18(25)24(17)12-13-6-2-1-3-7-13/h1-11H,12H2. The molecule has 0 spiro atoms. The van der Waals surface area contributed by atoms with Crippen LogP contribution in [0.1, 0.15) is 11.1 Å². The molecule has 0 aliphatic heterocycles. The molecule has 0 N–H and O–H groups in total. The van der Waals surface area contributed by atoms with Gasteiger partial charge in [0.25, 0.3) is 5.56 Å². The lowest BCUT2D eigenvalue weighted by Crippen LogP contribution is -2.24. The first-order chi connectivity index (χ1) is 11.9. The Balaban J connectivity index is 2.23. The summed E-state index contributed by atoms with van der Waals surface area (Å²) < 4.78 is 40.7. The molecule has 0 aliphatic carbocycles. The van der Waals surface area contributed by atoms with Crippen LogP contribution in [0.4, 0.5) is 13.2 Å². The molecule has 0 saturated carbocycles. The molecule has 2 nitrogen and oxygen atoms in total. The van der Waals surface area contributed by atoms with Crippen LogP contribution >= 0.6 is 11.6 Å².